The fourth-order valence-electron chi connectivity index (χ4n) is 3.16. The number of carbonyl (C=O) groups is 1. The fraction of sp³-hybridized carbons (Fsp3) is 0.632. The van der Waals surface area contributed by atoms with Crippen LogP contribution in [-0.2, 0) is 14.8 Å². The predicted octanol–water partition coefficient (Wildman–Crippen LogP) is 4.01. The lowest BCUT2D eigenvalue weighted by Crippen LogP contribution is -2.38. The van der Waals surface area contributed by atoms with Gasteiger partial charge in [-0.05, 0) is 49.4 Å². The van der Waals surface area contributed by atoms with E-state index in [1.807, 2.05) is 0 Å². The number of nitrogens with one attached hydrogen (secondary N) is 1. The number of benzene rings is 1. The van der Waals surface area contributed by atoms with Crippen LogP contribution in [0.2, 0.25) is 0 Å². The normalized spacial score (nSPS) is 16.4. The Morgan fingerprint density at radius 1 is 1.16 bits per heavy atom. The van der Waals surface area contributed by atoms with Crippen LogP contribution in [0.3, 0.4) is 0 Å². The summed E-state index contributed by atoms with van der Waals surface area (Å²) in [6, 6.07) is 6.57. The molecule has 1 fully saturated rings. The molecule has 1 aliphatic rings. The Balaban J connectivity index is 2.01. The highest BCUT2D eigenvalue weighted by Crippen LogP contribution is 2.27. The van der Waals surface area contributed by atoms with Gasteiger partial charge < -0.3 is 5.32 Å². The van der Waals surface area contributed by atoms with Crippen LogP contribution >= 0.6 is 0 Å². The zero-order chi connectivity index (χ0) is 18.4. The molecule has 2 rings (SSSR count). The molecule has 1 amide bonds. The number of carbonyl (C=O) groups excluding carboxylic acids is 1. The van der Waals surface area contributed by atoms with Gasteiger partial charge in [0.2, 0.25) is 15.9 Å². The first kappa shape index (κ1) is 19.9. The summed E-state index contributed by atoms with van der Waals surface area (Å²) < 4.78 is 27.1. The molecule has 1 N–H and O–H groups in total. The molecule has 1 aliphatic carbocycles. The molecule has 0 aromatic heterocycles. The Bertz CT molecular complexity index is 662. The highest BCUT2D eigenvalue weighted by Gasteiger charge is 2.28. The standard InChI is InChI=1S/C19H30N2O3S/c1-15(2)9-14-19(22)20-16-10-12-18(13-11-16)25(23,24)21(3)17-7-5-4-6-8-17/h10-13,15,17H,4-9,14H2,1-3H3,(H,20,22). The first-order chi connectivity index (χ1) is 11.8. The molecule has 0 spiro atoms. The van der Waals surface area contributed by atoms with Crippen molar-refractivity contribution in [3.8, 4) is 0 Å². The van der Waals surface area contributed by atoms with Gasteiger partial charge in [-0.2, -0.15) is 4.31 Å². The maximum Gasteiger partial charge on any atom is 0.243 e. The smallest absolute Gasteiger partial charge is 0.243 e. The van der Waals surface area contributed by atoms with Crippen molar-refractivity contribution in [3.63, 3.8) is 0 Å². The quantitative estimate of drug-likeness (QED) is 0.793. The summed E-state index contributed by atoms with van der Waals surface area (Å²) in [7, 11) is -1.81. The number of hydrogen-bond acceptors (Lipinski definition) is 3. The van der Waals surface area contributed by atoms with Crippen LogP contribution in [-0.4, -0.2) is 31.7 Å². The van der Waals surface area contributed by atoms with Crippen molar-refractivity contribution in [2.75, 3.05) is 12.4 Å². The van der Waals surface area contributed by atoms with Crippen LogP contribution in [0.1, 0.15) is 58.8 Å². The number of rotatable bonds is 7. The highest BCUT2D eigenvalue weighted by molar-refractivity contribution is 7.89. The summed E-state index contributed by atoms with van der Waals surface area (Å²) in [5.41, 5.74) is 0.632. The molecular weight excluding hydrogens is 336 g/mol. The van der Waals surface area contributed by atoms with Gasteiger partial charge in [-0.15, -0.1) is 0 Å². The van der Waals surface area contributed by atoms with Gasteiger partial charge in [0.25, 0.3) is 0 Å². The van der Waals surface area contributed by atoms with Crippen molar-refractivity contribution >= 4 is 21.6 Å². The molecule has 0 bridgehead atoms. The molecule has 1 aromatic carbocycles. The van der Waals surface area contributed by atoms with Crippen molar-refractivity contribution < 1.29 is 13.2 Å². The zero-order valence-corrected chi connectivity index (χ0v) is 16.3. The van der Waals surface area contributed by atoms with Gasteiger partial charge in [-0.25, -0.2) is 8.42 Å². The summed E-state index contributed by atoms with van der Waals surface area (Å²) in [5.74, 6) is 0.442. The van der Waals surface area contributed by atoms with E-state index in [1.165, 1.54) is 10.7 Å². The third-order valence-corrected chi connectivity index (χ3v) is 6.78. The predicted molar refractivity (Wildman–Crippen MR) is 101 cm³/mol. The largest absolute Gasteiger partial charge is 0.326 e. The van der Waals surface area contributed by atoms with E-state index in [2.05, 4.69) is 19.2 Å². The molecule has 0 aliphatic heterocycles. The second-order valence-corrected chi connectivity index (χ2v) is 9.32. The average molecular weight is 367 g/mol. The molecule has 0 heterocycles. The minimum absolute atomic E-state index is 0.0383. The van der Waals surface area contributed by atoms with Crippen LogP contribution in [0.15, 0.2) is 29.2 Å². The molecule has 0 atom stereocenters. The van der Waals surface area contributed by atoms with Gasteiger partial charge >= 0.3 is 0 Å². The number of nitrogens with zero attached hydrogens (tertiary/aromatic N) is 1. The van der Waals surface area contributed by atoms with Crippen LogP contribution in [0.5, 0.6) is 0 Å². The van der Waals surface area contributed by atoms with Crippen molar-refractivity contribution in [2.45, 2.75) is 69.7 Å². The Kier molecular flexibility index (Phi) is 7.02. The zero-order valence-electron chi connectivity index (χ0n) is 15.5. The lowest BCUT2D eigenvalue weighted by molar-refractivity contribution is -0.116. The SMILES string of the molecule is CC(C)CCC(=O)Nc1ccc(S(=O)(=O)N(C)C2CCCCC2)cc1. The number of sulfonamides is 1. The van der Waals surface area contributed by atoms with Gasteiger partial charge in [0.05, 0.1) is 4.90 Å². The van der Waals surface area contributed by atoms with Crippen molar-refractivity contribution in [1.29, 1.82) is 0 Å². The second kappa shape index (κ2) is 8.81. The fourth-order valence-corrected chi connectivity index (χ4v) is 4.58. The van der Waals surface area contributed by atoms with E-state index in [-0.39, 0.29) is 16.8 Å². The third-order valence-electron chi connectivity index (χ3n) is 4.85. The van der Waals surface area contributed by atoms with Gasteiger partial charge in [0.1, 0.15) is 0 Å². The number of anilines is 1. The summed E-state index contributed by atoms with van der Waals surface area (Å²) in [4.78, 5) is 12.2. The molecule has 0 unspecified atom stereocenters. The monoisotopic (exact) mass is 366 g/mol. The molecule has 25 heavy (non-hydrogen) atoms. The summed E-state index contributed by atoms with van der Waals surface area (Å²) in [6.07, 6.45) is 6.54. The molecule has 6 heteroatoms. The maximum absolute atomic E-state index is 12.8. The Labute approximate surface area is 151 Å². The average Bonchev–Trinajstić information content (AvgIpc) is 2.60. The summed E-state index contributed by atoms with van der Waals surface area (Å²) in [6.45, 7) is 4.16. The van der Waals surface area contributed by atoms with Crippen LogP contribution in [0, 0.1) is 5.92 Å². The van der Waals surface area contributed by atoms with Gasteiger partial charge in [0.15, 0.2) is 0 Å². The second-order valence-electron chi connectivity index (χ2n) is 7.32. The Morgan fingerprint density at radius 3 is 2.32 bits per heavy atom. The topological polar surface area (TPSA) is 66.5 Å². The minimum atomic E-state index is -3.48. The van der Waals surface area contributed by atoms with Gasteiger partial charge in [-0.1, -0.05) is 33.1 Å². The van der Waals surface area contributed by atoms with Gasteiger partial charge in [0, 0.05) is 25.2 Å². The summed E-state index contributed by atoms with van der Waals surface area (Å²) >= 11 is 0. The number of amides is 1. The molecule has 1 saturated carbocycles. The van der Waals surface area contributed by atoms with E-state index in [4.69, 9.17) is 0 Å². The highest BCUT2D eigenvalue weighted by atomic mass is 32.2. The maximum atomic E-state index is 12.8. The minimum Gasteiger partial charge on any atom is -0.326 e. The Morgan fingerprint density at radius 2 is 1.76 bits per heavy atom. The van der Waals surface area contributed by atoms with Crippen molar-refractivity contribution in [1.82, 2.24) is 4.31 Å². The first-order valence-corrected chi connectivity index (χ1v) is 10.6. The molecular formula is C19H30N2O3S. The van der Waals surface area contributed by atoms with E-state index >= 15 is 0 Å². The molecule has 140 valence electrons. The van der Waals surface area contributed by atoms with E-state index in [1.54, 1.807) is 31.3 Å². The lowest BCUT2D eigenvalue weighted by atomic mass is 9.96. The van der Waals surface area contributed by atoms with E-state index in [0.29, 0.717) is 18.0 Å². The Hall–Kier alpha value is -1.40. The molecule has 0 radical (unpaired) electrons. The first-order valence-electron chi connectivity index (χ1n) is 9.18. The molecule has 1 aromatic rings. The van der Waals surface area contributed by atoms with E-state index < -0.39 is 10.0 Å². The van der Waals surface area contributed by atoms with Crippen molar-refractivity contribution in [2.24, 2.45) is 5.92 Å². The van der Waals surface area contributed by atoms with E-state index in [0.717, 1.165) is 32.1 Å². The van der Waals surface area contributed by atoms with Crippen molar-refractivity contribution in [3.05, 3.63) is 24.3 Å². The van der Waals surface area contributed by atoms with Crippen LogP contribution in [0.25, 0.3) is 0 Å². The number of hydrogen-bond donors (Lipinski definition) is 1. The molecule has 0 saturated heterocycles. The summed E-state index contributed by atoms with van der Waals surface area (Å²) in [5, 5.41) is 2.82. The van der Waals surface area contributed by atoms with Crippen LogP contribution < -0.4 is 5.32 Å². The van der Waals surface area contributed by atoms with Crippen LogP contribution in [0.4, 0.5) is 5.69 Å². The van der Waals surface area contributed by atoms with Gasteiger partial charge in [-0.3, -0.25) is 4.79 Å². The van der Waals surface area contributed by atoms with E-state index in [9.17, 15) is 13.2 Å². The lowest BCUT2D eigenvalue weighted by Gasteiger charge is -2.30. The third kappa shape index (κ3) is 5.54. The molecule has 5 nitrogen and oxygen atoms in total.